The second kappa shape index (κ2) is 8.09. The van der Waals surface area contributed by atoms with Gasteiger partial charge in [0.15, 0.2) is 0 Å². The first-order chi connectivity index (χ1) is 15.9. The molecule has 1 fully saturated rings. The molecule has 2 aliphatic rings. The van der Waals surface area contributed by atoms with Gasteiger partial charge in [0.25, 0.3) is 5.56 Å². The monoisotopic (exact) mass is 440 g/mol. The van der Waals surface area contributed by atoms with Gasteiger partial charge < -0.3 is 15.4 Å². The number of piperidine rings is 1. The Kier molecular flexibility index (Phi) is 5.22. The molecule has 1 spiro atoms. The zero-order valence-electron chi connectivity index (χ0n) is 19.0. The summed E-state index contributed by atoms with van der Waals surface area (Å²) < 4.78 is 6.92. The van der Waals surface area contributed by atoms with Crippen molar-refractivity contribution in [2.24, 2.45) is 11.1 Å². The van der Waals surface area contributed by atoms with Gasteiger partial charge in [0.1, 0.15) is 17.4 Å². The maximum absolute atomic E-state index is 13.0. The number of benzene rings is 2. The number of fused-ring (bicyclic) bond motifs is 1. The van der Waals surface area contributed by atoms with Crippen molar-refractivity contribution in [1.82, 2.24) is 9.55 Å². The molecule has 6 heteroatoms. The van der Waals surface area contributed by atoms with Crippen LogP contribution < -0.4 is 20.9 Å². The molecule has 1 aliphatic carbocycles. The fourth-order valence-corrected chi connectivity index (χ4v) is 5.43. The van der Waals surface area contributed by atoms with Crippen molar-refractivity contribution >= 4 is 5.82 Å². The van der Waals surface area contributed by atoms with Gasteiger partial charge in [0.2, 0.25) is 0 Å². The summed E-state index contributed by atoms with van der Waals surface area (Å²) in [6.45, 7) is 3.50. The molecule has 2 N–H and O–H groups in total. The van der Waals surface area contributed by atoms with Crippen LogP contribution in [0.25, 0.3) is 5.69 Å². The van der Waals surface area contributed by atoms with Gasteiger partial charge in [-0.1, -0.05) is 18.1 Å². The van der Waals surface area contributed by atoms with Crippen LogP contribution in [0.15, 0.2) is 53.3 Å². The van der Waals surface area contributed by atoms with Crippen LogP contribution in [0.4, 0.5) is 5.82 Å². The first-order valence-corrected chi connectivity index (χ1v) is 11.3. The topological polar surface area (TPSA) is 73.4 Å². The molecule has 1 atom stereocenters. The summed E-state index contributed by atoms with van der Waals surface area (Å²) >= 11 is 0. The molecule has 33 heavy (non-hydrogen) atoms. The van der Waals surface area contributed by atoms with E-state index in [2.05, 4.69) is 23.0 Å². The number of rotatable bonds is 3. The lowest BCUT2D eigenvalue weighted by Crippen LogP contribution is -2.45. The van der Waals surface area contributed by atoms with E-state index in [1.165, 1.54) is 11.1 Å². The van der Waals surface area contributed by atoms with E-state index in [1.807, 2.05) is 37.3 Å². The van der Waals surface area contributed by atoms with Crippen molar-refractivity contribution < 1.29 is 4.74 Å². The molecule has 0 saturated carbocycles. The summed E-state index contributed by atoms with van der Waals surface area (Å²) in [5, 5.41) is 0. The van der Waals surface area contributed by atoms with Crippen LogP contribution in [0.3, 0.4) is 0 Å². The van der Waals surface area contributed by atoms with E-state index in [1.54, 1.807) is 17.7 Å². The third-order valence-corrected chi connectivity index (χ3v) is 7.32. The van der Waals surface area contributed by atoms with Crippen molar-refractivity contribution in [3.8, 4) is 23.8 Å². The second-order valence-corrected chi connectivity index (χ2v) is 9.10. The Morgan fingerprint density at radius 3 is 2.67 bits per heavy atom. The second-order valence-electron chi connectivity index (χ2n) is 9.10. The Morgan fingerprint density at radius 2 is 1.97 bits per heavy atom. The van der Waals surface area contributed by atoms with Crippen LogP contribution in [0, 0.1) is 24.7 Å². The van der Waals surface area contributed by atoms with Gasteiger partial charge in [-0.2, -0.15) is 0 Å². The fourth-order valence-electron chi connectivity index (χ4n) is 5.43. The summed E-state index contributed by atoms with van der Waals surface area (Å²) in [5.74, 6) is 4.80. The average Bonchev–Trinajstić information content (AvgIpc) is 3.09. The highest BCUT2D eigenvalue weighted by atomic mass is 16.5. The Bertz CT molecular complexity index is 1310. The third-order valence-electron chi connectivity index (χ3n) is 7.32. The number of aromatic nitrogens is 2. The number of hydrogen-bond acceptors (Lipinski definition) is 5. The van der Waals surface area contributed by atoms with Gasteiger partial charge in [0, 0.05) is 36.8 Å². The molecule has 2 aromatic carbocycles. The number of terminal acetylenes is 1. The molecule has 1 aromatic heterocycles. The first kappa shape index (κ1) is 21.3. The number of ether oxygens (including phenoxy) is 1. The largest absolute Gasteiger partial charge is 0.497 e. The Hall–Kier alpha value is -3.56. The molecule has 5 rings (SSSR count). The minimum absolute atomic E-state index is 0.0151. The molecule has 6 nitrogen and oxygen atoms in total. The predicted octanol–water partition coefficient (Wildman–Crippen LogP) is 3.37. The van der Waals surface area contributed by atoms with Crippen molar-refractivity contribution in [2.45, 2.75) is 32.2 Å². The lowest BCUT2D eigenvalue weighted by atomic mass is 9.73. The maximum Gasteiger partial charge on any atom is 0.260 e. The van der Waals surface area contributed by atoms with Crippen molar-refractivity contribution in [1.29, 1.82) is 0 Å². The molecule has 1 saturated heterocycles. The predicted molar refractivity (Wildman–Crippen MR) is 130 cm³/mol. The number of aryl methyl sites for hydroxylation is 1. The van der Waals surface area contributed by atoms with Crippen LogP contribution in [0.1, 0.15) is 41.4 Å². The third kappa shape index (κ3) is 3.59. The van der Waals surface area contributed by atoms with E-state index in [-0.39, 0.29) is 17.0 Å². The first-order valence-electron chi connectivity index (χ1n) is 11.3. The lowest BCUT2D eigenvalue weighted by Gasteiger charge is -2.42. The van der Waals surface area contributed by atoms with E-state index in [0.29, 0.717) is 11.6 Å². The smallest absolute Gasteiger partial charge is 0.260 e. The van der Waals surface area contributed by atoms with Crippen LogP contribution in [0.2, 0.25) is 0 Å². The van der Waals surface area contributed by atoms with Crippen LogP contribution in [0.5, 0.6) is 5.75 Å². The molecule has 168 valence electrons. The van der Waals surface area contributed by atoms with Crippen molar-refractivity contribution in [3.05, 3.63) is 81.4 Å². The summed E-state index contributed by atoms with van der Waals surface area (Å²) in [6.07, 6.45) is 8.47. The molecular formula is C27H28N4O2. The standard InChI is InChI=1S/C27H28N4O2/c1-4-19-8-9-20-17-27(26(28)23(20)14-19)10-12-30(13-11-27)24-16-25(32)31(18(2)29-24)21-6-5-7-22(15-21)33-3/h1,5-9,14-16,26H,10-13,17,28H2,2-3H3/t26-/m1/s1. The number of anilines is 1. The minimum Gasteiger partial charge on any atom is -0.497 e. The SMILES string of the molecule is C#Cc1ccc2c(c1)[C@@H](N)C1(CCN(c3cc(=O)n(-c4cccc(OC)c4)c(C)n3)CC1)C2. The zero-order chi connectivity index (χ0) is 23.2. The van der Waals surface area contributed by atoms with E-state index in [0.717, 1.165) is 49.4 Å². The van der Waals surface area contributed by atoms with Gasteiger partial charge in [-0.05, 0) is 67.0 Å². The maximum atomic E-state index is 13.0. The highest BCUT2D eigenvalue weighted by Crippen LogP contribution is 2.51. The van der Waals surface area contributed by atoms with Crippen LogP contribution in [-0.2, 0) is 6.42 Å². The van der Waals surface area contributed by atoms with Crippen molar-refractivity contribution in [2.75, 3.05) is 25.1 Å². The number of nitrogens with two attached hydrogens (primary N) is 1. The summed E-state index contributed by atoms with van der Waals surface area (Å²) in [7, 11) is 1.61. The van der Waals surface area contributed by atoms with Crippen molar-refractivity contribution in [3.63, 3.8) is 0 Å². The van der Waals surface area contributed by atoms with E-state index < -0.39 is 0 Å². The Morgan fingerprint density at radius 1 is 1.18 bits per heavy atom. The highest BCUT2D eigenvalue weighted by Gasteiger charge is 2.46. The van der Waals surface area contributed by atoms with E-state index in [9.17, 15) is 4.79 Å². The Labute approximate surface area is 194 Å². The molecule has 0 unspecified atom stereocenters. The van der Waals surface area contributed by atoms with Crippen LogP contribution >= 0.6 is 0 Å². The Balaban J connectivity index is 1.37. The molecular weight excluding hydrogens is 412 g/mol. The number of hydrogen-bond donors (Lipinski definition) is 1. The molecule has 2 heterocycles. The molecule has 3 aromatic rings. The van der Waals surface area contributed by atoms with Gasteiger partial charge >= 0.3 is 0 Å². The quantitative estimate of drug-likeness (QED) is 0.632. The lowest BCUT2D eigenvalue weighted by molar-refractivity contribution is 0.187. The number of nitrogens with zero attached hydrogens (tertiary/aromatic N) is 3. The number of methoxy groups -OCH3 is 1. The summed E-state index contributed by atoms with van der Waals surface area (Å²) in [4.78, 5) is 20.0. The average molecular weight is 441 g/mol. The van der Waals surface area contributed by atoms with Gasteiger partial charge in [0.05, 0.1) is 12.8 Å². The molecule has 1 aliphatic heterocycles. The fraction of sp³-hybridized carbons (Fsp3) is 0.333. The summed E-state index contributed by atoms with van der Waals surface area (Å²) in [6, 6.07) is 15.3. The highest BCUT2D eigenvalue weighted by molar-refractivity contribution is 5.47. The summed E-state index contributed by atoms with van der Waals surface area (Å²) in [5.41, 5.74) is 10.8. The minimum atomic E-state index is -0.0992. The van der Waals surface area contributed by atoms with Gasteiger partial charge in [-0.3, -0.25) is 9.36 Å². The molecule has 0 bridgehead atoms. The van der Waals surface area contributed by atoms with Gasteiger partial charge in [-0.25, -0.2) is 4.98 Å². The van der Waals surface area contributed by atoms with E-state index >= 15 is 0 Å². The van der Waals surface area contributed by atoms with Crippen LogP contribution in [-0.4, -0.2) is 29.8 Å². The normalized spacial score (nSPS) is 18.7. The zero-order valence-corrected chi connectivity index (χ0v) is 19.0. The van der Waals surface area contributed by atoms with Gasteiger partial charge in [-0.15, -0.1) is 6.42 Å². The molecule has 0 radical (unpaired) electrons. The van der Waals surface area contributed by atoms with E-state index in [4.69, 9.17) is 21.9 Å². The molecule has 0 amide bonds.